The van der Waals surface area contributed by atoms with Crippen LogP contribution >= 0.6 is 0 Å². The molecule has 0 aliphatic heterocycles. The Kier molecular flexibility index (Phi) is 6.97. The molecule has 4 atom stereocenters. The minimum atomic E-state index is -0.365. The lowest BCUT2D eigenvalue weighted by atomic mass is 9.75. The van der Waals surface area contributed by atoms with Crippen LogP contribution in [0.15, 0.2) is 0 Å². The molecule has 0 amide bonds. The van der Waals surface area contributed by atoms with Gasteiger partial charge in [-0.3, -0.25) is 0 Å². The van der Waals surface area contributed by atoms with Gasteiger partial charge in [-0.2, -0.15) is 0 Å². The summed E-state index contributed by atoms with van der Waals surface area (Å²) in [5, 5.41) is 13.6. The monoisotopic (exact) mass is 297 g/mol. The largest absolute Gasteiger partial charge is 0.389 e. The van der Waals surface area contributed by atoms with Gasteiger partial charge in [0.05, 0.1) is 18.8 Å². The summed E-state index contributed by atoms with van der Waals surface area (Å²) in [6.07, 6.45) is 8.94. The van der Waals surface area contributed by atoms with E-state index in [1.807, 2.05) is 0 Å². The maximum absolute atomic E-state index is 10.1. The van der Waals surface area contributed by atoms with Crippen molar-refractivity contribution in [1.29, 1.82) is 0 Å². The third-order valence-electron chi connectivity index (χ3n) is 5.46. The lowest BCUT2D eigenvalue weighted by molar-refractivity contribution is -0.0685. The number of ether oxygens (including phenoxy) is 1. The van der Waals surface area contributed by atoms with Crippen molar-refractivity contribution in [3.8, 4) is 0 Å². The molecule has 21 heavy (non-hydrogen) atoms. The summed E-state index contributed by atoms with van der Waals surface area (Å²) in [6, 6.07) is 0.623. The van der Waals surface area contributed by atoms with E-state index in [1.165, 1.54) is 38.5 Å². The van der Waals surface area contributed by atoms with Crippen molar-refractivity contribution in [3.63, 3.8) is 0 Å². The van der Waals surface area contributed by atoms with Crippen LogP contribution in [0.1, 0.15) is 65.7 Å². The second-order valence-electron chi connectivity index (χ2n) is 7.74. The summed E-state index contributed by atoms with van der Waals surface area (Å²) >= 11 is 0. The van der Waals surface area contributed by atoms with Crippen molar-refractivity contribution < 1.29 is 9.84 Å². The Hall–Kier alpha value is -0.120. The average Bonchev–Trinajstić information content (AvgIpc) is 2.96. The smallest absolute Gasteiger partial charge is 0.0897 e. The maximum atomic E-state index is 10.1. The Morgan fingerprint density at radius 1 is 1.14 bits per heavy atom. The van der Waals surface area contributed by atoms with Crippen LogP contribution in [0.3, 0.4) is 0 Å². The predicted octanol–water partition coefficient (Wildman–Crippen LogP) is 3.36. The van der Waals surface area contributed by atoms with Gasteiger partial charge in [0, 0.05) is 12.6 Å². The van der Waals surface area contributed by atoms with Gasteiger partial charge in [-0.25, -0.2) is 0 Å². The summed E-state index contributed by atoms with van der Waals surface area (Å²) < 4.78 is 6.11. The van der Waals surface area contributed by atoms with Crippen LogP contribution in [0.5, 0.6) is 0 Å². The molecule has 0 spiro atoms. The van der Waals surface area contributed by atoms with Gasteiger partial charge in [0.2, 0.25) is 0 Å². The van der Waals surface area contributed by atoms with Crippen LogP contribution in [-0.4, -0.2) is 36.5 Å². The zero-order chi connectivity index (χ0) is 15.2. The maximum Gasteiger partial charge on any atom is 0.0897 e. The van der Waals surface area contributed by atoms with E-state index in [9.17, 15) is 5.11 Å². The first kappa shape index (κ1) is 17.2. The molecule has 0 aromatic heterocycles. The fourth-order valence-electron chi connectivity index (χ4n) is 4.03. The summed E-state index contributed by atoms with van der Waals surface area (Å²) in [6.45, 7) is 8.09. The molecular weight excluding hydrogens is 262 g/mol. The Bertz CT molecular complexity index is 289. The first-order valence-electron chi connectivity index (χ1n) is 9.09. The summed E-state index contributed by atoms with van der Waals surface area (Å²) in [5.41, 5.74) is 0. The molecule has 0 aromatic rings. The fourth-order valence-corrected chi connectivity index (χ4v) is 4.03. The number of rotatable bonds is 7. The van der Waals surface area contributed by atoms with Gasteiger partial charge in [0.1, 0.15) is 0 Å². The molecular formula is C18H35NO2. The van der Waals surface area contributed by atoms with Crippen LogP contribution in [0, 0.1) is 17.8 Å². The lowest BCUT2D eigenvalue weighted by Gasteiger charge is -2.37. The quantitative estimate of drug-likeness (QED) is 0.757. The molecule has 0 unspecified atom stereocenters. The SMILES string of the molecule is CC(C)[C@H]1CC[C@@H](C)C[C@H]1OC[C@H](O)CNC1CCCC1. The molecule has 2 saturated carbocycles. The van der Waals surface area contributed by atoms with Crippen LogP contribution < -0.4 is 5.32 Å². The van der Waals surface area contributed by atoms with Gasteiger partial charge in [-0.05, 0) is 43.4 Å². The minimum absolute atomic E-state index is 0.342. The number of aliphatic hydroxyl groups excluding tert-OH is 1. The van der Waals surface area contributed by atoms with Crippen LogP contribution in [0.2, 0.25) is 0 Å². The molecule has 2 fully saturated rings. The van der Waals surface area contributed by atoms with E-state index in [1.54, 1.807) is 0 Å². The Morgan fingerprint density at radius 3 is 2.52 bits per heavy atom. The van der Waals surface area contributed by atoms with Crippen molar-refractivity contribution in [3.05, 3.63) is 0 Å². The second kappa shape index (κ2) is 8.50. The highest BCUT2D eigenvalue weighted by Gasteiger charge is 2.31. The Morgan fingerprint density at radius 2 is 1.86 bits per heavy atom. The van der Waals surface area contributed by atoms with Crippen molar-refractivity contribution in [2.45, 2.75) is 84.0 Å². The fraction of sp³-hybridized carbons (Fsp3) is 1.00. The van der Waals surface area contributed by atoms with Gasteiger partial charge in [-0.15, -0.1) is 0 Å². The van der Waals surface area contributed by atoms with Crippen molar-refractivity contribution in [2.24, 2.45) is 17.8 Å². The van der Waals surface area contributed by atoms with Gasteiger partial charge < -0.3 is 15.2 Å². The first-order valence-corrected chi connectivity index (χ1v) is 9.09. The zero-order valence-electron chi connectivity index (χ0n) is 14.2. The average molecular weight is 297 g/mol. The topological polar surface area (TPSA) is 41.5 Å². The standard InChI is InChI=1S/C18H35NO2/c1-13(2)17-9-8-14(3)10-18(17)21-12-16(20)11-19-15-6-4-5-7-15/h13-20H,4-12H2,1-3H3/t14-,16-,17-,18-/m1/s1. The van der Waals surface area contributed by atoms with Gasteiger partial charge in [0.15, 0.2) is 0 Å². The number of aliphatic hydroxyl groups is 1. The third kappa shape index (κ3) is 5.54. The second-order valence-corrected chi connectivity index (χ2v) is 7.74. The normalized spacial score (nSPS) is 32.7. The van der Waals surface area contributed by atoms with Gasteiger partial charge >= 0.3 is 0 Å². The predicted molar refractivity (Wildman–Crippen MR) is 87.3 cm³/mol. The van der Waals surface area contributed by atoms with E-state index in [2.05, 4.69) is 26.1 Å². The van der Waals surface area contributed by atoms with Crippen LogP contribution in [0.25, 0.3) is 0 Å². The Labute approximate surface area is 130 Å². The van der Waals surface area contributed by atoms with Gasteiger partial charge in [0.25, 0.3) is 0 Å². The van der Waals surface area contributed by atoms with Crippen LogP contribution in [0.4, 0.5) is 0 Å². The van der Waals surface area contributed by atoms with Crippen molar-refractivity contribution in [2.75, 3.05) is 13.2 Å². The molecule has 2 rings (SSSR count). The number of hydrogen-bond donors (Lipinski definition) is 2. The van der Waals surface area contributed by atoms with E-state index in [0.717, 1.165) is 12.3 Å². The number of hydrogen-bond acceptors (Lipinski definition) is 3. The third-order valence-corrected chi connectivity index (χ3v) is 5.46. The molecule has 0 aromatic carbocycles. The molecule has 3 heteroatoms. The highest BCUT2D eigenvalue weighted by atomic mass is 16.5. The van der Waals surface area contributed by atoms with E-state index in [0.29, 0.717) is 37.1 Å². The van der Waals surface area contributed by atoms with Crippen molar-refractivity contribution in [1.82, 2.24) is 5.32 Å². The van der Waals surface area contributed by atoms with E-state index < -0.39 is 0 Å². The molecule has 2 aliphatic carbocycles. The minimum Gasteiger partial charge on any atom is -0.389 e. The summed E-state index contributed by atoms with van der Waals surface area (Å²) in [7, 11) is 0. The molecule has 0 bridgehead atoms. The van der Waals surface area contributed by atoms with E-state index in [4.69, 9.17) is 4.74 Å². The Balaban J connectivity index is 1.69. The molecule has 2 aliphatic rings. The zero-order valence-corrected chi connectivity index (χ0v) is 14.2. The summed E-state index contributed by atoms with van der Waals surface area (Å²) in [5.74, 6) is 2.10. The molecule has 0 radical (unpaired) electrons. The highest BCUT2D eigenvalue weighted by Crippen LogP contribution is 2.35. The van der Waals surface area contributed by atoms with Gasteiger partial charge in [-0.1, -0.05) is 40.0 Å². The molecule has 124 valence electrons. The molecule has 2 N–H and O–H groups in total. The highest BCUT2D eigenvalue weighted by molar-refractivity contribution is 4.82. The van der Waals surface area contributed by atoms with Crippen molar-refractivity contribution >= 4 is 0 Å². The molecule has 3 nitrogen and oxygen atoms in total. The number of nitrogens with one attached hydrogen (secondary N) is 1. The summed E-state index contributed by atoms with van der Waals surface area (Å²) in [4.78, 5) is 0. The van der Waals surface area contributed by atoms with Crippen LogP contribution in [-0.2, 0) is 4.74 Å². The van der Waals surface area contributed by atoms with E-state index >= 15 is 0 Å². The lowest BCUT2D eigenvalue weighted by Crippen LogP contribution is -2.39. The molecule has 0 heterocycles. The molecule has 0 saturated heterocycles. The van der Waals surface area contributed by atoms with E-state index in [-0.39, 0.29) is 6.10 Å². The first-order chi connectivity index (χ1) is 10.1.